The van der Waals surface area contributed by atoms with Crippen LogP contribution in [0.3, 0.4) is 0 Å². The second-order valence-electron chi connectivity index (χ2n) is 9.19. The molecule has 0 saturated heterocycles. The Hall–Kier alpha value is -3.08. The minimum absolute atomic E-state index is 0.0243. The van der Waals surface area contributed by atoms with Crippen LogP contribution in [0.4, 0.5) is 5.69 Å². The lowest BCUT2D eigenvalue weighted by Gasteiger charge is -2.43. The number of para-hydroxylation sites is 1. The van der Waals surface area contributed by atoms with Gasteiger partial charge in [0.15, 0.2) is 17.3 Å². The van der Waals surface area contributed by atoms with Crippen molar-refractivity contribution in [3.63, 3.8) is 0 Å². The van der Waals surface area contributed by atoms with Gasteiger partial charge in [0, 0.05) is 30.0 Å². The number of hydrogen-bond donors (Lipinski definition) is 0. The van der Waals surface area contributed by atoms with E-state index in [9.17, 15) is 9.59 Å². The molecule has 5 rings (SSSR count). The van der Waals surface area contributed by atoms with E-state index in [1.807, 2.05) is 49.4 Å². The van der Waals surface area contributed by atoms with Gasteiger partial charge in [-0.2, -0.15) is 0 Å². The van der Waals surface area contributed by atoms with E-state index in [2.05, 4.69) is 13.8 Å². The van der Waals surface area contributed by atoms with Gasteiger partial charge in [-0.05, 0) is 48.1 Å². The number of aryl methyl sites for hydroxylation is 1. The van der Waals surface area contributed by atoms with E-state index in [0.29, 0.717) is 24.3 Å². The van der Waals surface area contributed by atoms with Gasteiger partial charge in [-0.1, -0.05) is 38.1 Å². The first-order valence-electron chi connectivity index (χ1n) is 10.4. The molecule has 0 bridgehead atoms. The molecule has 30 heavy (non-hydrogen) atoms. The average Bonchev–Trinajstić information content (AvgIpc) is 3.15. The highest BCUT2D eigenvalue weighted by atomic mass is 16.7. The zero-order valence-electron chi connectivity index (χ0n) is 17.5. The first-order valence-corrected chi connectivity index (χ1v) is 10.4. The molecule has 3 aliphatic rings. The maximum Gasteiger partial charge on any atom is 0.232 e. The first kappa shape index (κ1) is 18.9. The van der Waals surface area contributed by atoms with E-state index in [4.69, 9.17) is 9.47 Å². The van der Waals surface area contributed by atoms with Gasteiger partial charge in [0.2, 0.25) is 12.7 Å². The Bertz CT molecular complexity index is 1100. The number of ketones is 1. The van der Waals surface area contributed by atoms with E-state index in [0.717, 1.165) is 28.1 Å². The summed E-state index contributed by atoms with van der Waals surface area (Å²) in [5.74, 6) is 1.27. The summed E-state index contributed by atoms with van der Waals surface area (Å²) in [4.78, 5) is 28.6. The number of Topliss-reactive ketones (excluding diaryl/α,β-unsaturated/α-hetero) is 1. The van der Waals surface area contributed by atoms with Crippen LogP contribution in [-0.4, -0.2) is 18.5 Å². The minimum atomic E-state index is -0.258. The highest BCUT2D eigenvalue weighted by molar-refractivity contribution is 6.08. The van der Waals surface area contributed by atoms with Crippen molar-refractivity contribution in [3.8, 4) is 11.5 Å². The molecule has 154 valence electrons. The van der Waals surface area contributed by atoms with Crippen LogP contribution in [0.15, 0.2) is 53.7 Å². The summed E-state index contributed by atoms with van der Waals surface area (Å²) >= 11 is 0. The van der Waals surface area contributed by atoms with Gasteiger partial charge in [0.25, 0.3) is 0 Å². The number of carbonyl (C=O) groups is 2. The van der Waals surface area contributed by atoms with Gasteiger partial charge < -0.3 is 9.47 Å². The smallest absolute Gasteiger partial charge is 0.232 e. The highest BCUT2D eigenvalue weighted by Gasteiger charge is 2.44. The second-order valence-corrected chi connectivity index (χ2v) is 9.19. The molecular formula is C25H25NO4. The molecule has 0 aromatic heterocycles. The Kier molecular flexibility index (Phi) is 4.24. The van der Waals surface area contributed by atoms with Gasteiger partial charge in [-0.15, -0.1) is 0 Å². The van der Waals surface area contributed by atoms with Crippen LogP contribution >= 0.6 is 0 Å². The van der Waals surface area contributed by atoms with Crippen molar-refractivity contribution >= 4 is 17.4 Å². The molecule has 0 N–H and O–H groups in total. The summed E-state index contributed by atoms with van der Waals surface area (Å²) in [5, 5.41) is 0. The number of hydrogen-bond acceptors (Lipinski definition) is 4. The Morgan fingerprint density at radius 3 is 2.57 bits per heavy atom. The van der Waals surface area contributed by atoms with E-state index >= 15 is 0 Å². The van der Waals surface area contributed by atoms with Crippen LogP contribution in [0.2, 0.25) is 0 Å². The lowest BCUT2D eigenvalue weighted by Crippen LogP contribution is -2.44. The third-order valence-electron chi connectivity index (χ3n) is 6.30. The van der Waals surface area contributed by atoms with Crippen LogP contribution in [0.1, 0.15) is 50.2 Å². The zero-order chi connectivity index (χ0) is 21.0. The monoisotopic (exact) mass is 403 g/mol. The quantitative estimate of drug-likeness (QED) is 0.717. The predicted octanol–water partition coefficient (Wildman–Crippen LogP) is 4.89. The standard InChI is InChI=1S/C25H25NO4/c1-15-6-4-5-7-18(15)26-19-12-25(2,3)13-20(27)24(19)17(11-23(26)28)16-8-9-21-22(10-16)30-14-29-21/h4-10,17H,11-14H2,1-3H3. The highest BCUT2D eigenvalue weighted by Crippen LogP contribution is 2.49. The number of fused-ring (bicyclic) bond motifs is 1. The number of benzene rings is 2. The summed E-state index contributed by atoms with van der Waals surface area (Å²) in [6.45, 7) is 6.39. The fourth-order valence-electron chi connectivity index (χ4n) is 4.92. The molecule has 5 heteroatoms. The number of allylic oxidation sites excluding steroid dienone is 2. The van der Waals surface area contributed by atoms with Gasteiger partial charge in [0.1, 0.15) is 0 Å². The van der Waals surface area contributed by atoms with Crippen molar-refractivity contribution in [1.29, 1.82) is 0 Å². The van der Waals surface area contributed by atoms with Gasteiger partial charge in [-0.25, -0.2) is 0 Å². The Morgan fingerprint density at radius 1 is 1.00 bits per heavy atom. The van der Waals surface area contributed by atoms with Crippen LogP contribution in [0.5, 0.6) is 11.5 Å². The second kappa shape index (κ2) is 6.73. The molecule has 2 heterocycles. The molecule has 0 radical (unpaired) electrons. The zero-order valence-corrected chi connectivity index (χ0v) is 17.5. The van der Waals surface area contributed by atoms with Crippen LogP contribution in [-0.2, 0) is 9.59 Å². The maximum absolute atomic E-state index is 13.5. The topological polar surface area (TPSA) is 55.8 Å². The summed E-state index contributed by atoms with van der Waals surface area (Å²) < 4.78 is 11.0. The molecule has 2 aromatic carbocycles. The minimum Gasteiger partial charge on any atom is -0.454 e. The molecular weight excluding hydrogens is 378 g/mol. The fraction of sp³-hybridized carbons (Fsp3) is 0.360. The van der Waals surface area contributed by atoms with Gasteiger partial charge in [-0.3, -0.25) is 14.5 Å². The predicted molar refractivity (Wildman–Crippen MR) is 114 cm³/mol. The Labute approximate surface area is 176 Å². The van der Waals surface area contributed by atoms with Crippen LogP contribution in [0.25, 0.3) is 0 Å². The van der Waals surface area contributed by atoms with Crippen molar-refractivity contribution in [1.82, 2.24) is 0 Å². The van der Waals surface area contributed by atoms with Crippen molar-refractivity contribution in [2.45, 2.75) is 46.0 Å². The maximum atomic E-state index is 13.5. The third kappa shape index (κ3) is 3.00. The third-order valence-corrected chi connectivity index (χ3v) is 6.30. The molecule has 1 amide bonds. The molecule has 5 nitrogen and oxygen atoms in total. The normalized spacial score (nSPS) is 22.4. The lowest BCUT2D eigenvalue weighted by molar-refractivity contribution is -0.121. The van der Waals surface area contributed by atoms with E-state index in [-0.39, 0.29) is 36.2 Å². The summed E-state index contributed by atoms with van der Waals surface area (Å²) in [7, 11) is 0. The number of ether oxygens (including phenoxy) is 2. The van der Waals surface area contributed by atoms with Crippen molar-refractivity contribution in [3.05, 3.63) is 64.9 Å². The lowest BCUT2D eigenvalue weighted by atomic mass is 9.69. The molecule has 2 aliphatic heterocycles. The SMILES string of the molecule is Cc1ccccc1N1C(=O)CC(c2ccc3c(c2)OCO3)C2=C1CC(C)(C)CC2=O. The Morgan fingerprint density at radius 2 is 1.77 bits per heavy atom. The molecule has 1 atom stereocenters. The van der Waals surface area contributed by atoms with Crippen molar-refractivity contribution in [2.24, 2.45) is 5.41 Å². The molecule has 2 aromatic rings. The van der Waals surface area contributed by atoms with E-state index < -0.39 is 0 Å². The van der Waals surface area contributed by atoms with Crippen molar-refractivity contribution < 1.29 is 19.1 Å². The van der Waals surface area contributed by atoms with Crippen molar-refractivity contribution in [2.75, 3.05) is 11.7 Å². The van der Waals surface area contributed by atoms with Crippen LogP contribution in [0, 0.1) is 12.3 Å². The largest absolute Gasteiger partial charge is 0.454 e. The molecule has 0 saturated carbocycles. The molecule has 1 aliphatic carbocycles. The van der Waals surface area contributed by atoms with Crippen LogP contribution < -0.4 is 14.4 Å². The average molecular weight is 403 g/mol. The fourth-order valence-corrected chi connectivity index (χ4v) is 4.92. The molecule has 0 fully saturated rings. The Balaban J connectivity index is 1.68. The number of anilines is 1. The number of nitrogens with zero attached hydrogens (tertiary/aromatic N) is 1. The number of amides is 1. The van der Waals surface area contributed by atoms with E-state index in [1.54, 1.807) is 4.90 Å². The van der Waals surface area contributed by atoms with E-state index in [1.165, 1.54) is 0 Å². The number of rotatable bonds is 2. The van der Waals surface area contributed by atoms with Gasteiger partial charge in [0.05, 0.1) is 5.69 Å². The number of carbonyl (C=O) groups excluding carboxylic acids is 2. The molecule has 0 spiro atoms. The first-order chi connectivity index (χ1) is 14.3. The van der Waals surface area contributed by atoms with Gasteiger partial charge >= 0.3 is 0 Å². The summed E-state index contributed by atoms with van der Waals surface area (Å²) in [5.41, 5.74) is 4.26. The summed E-state index contributed by atoms with van der Waals surface area (Å²) in [6.07, 6.45) is 1.44. The summed E-state index contributed by atoms with van der Waals surface area (Å²) in [6, 6.07) is 13.6. The molecule has 1 unspecified atom stereocenters.